The topological polar surface area (TPSA) is 79.0 Å². The average Bonchev–Trinajstić information content (AvgIpc) is 2.77. The number of hydrogen-bond acceptors (Lipinski definition) is 4. The summed E-state index contributed by atoms with van der Waals surface area (Å²) in [6.07, 6.45) is -0.0401. The van der Waals surface area contributed by atoms with Gasteiger partial charge in [0, 0.05) is 24.8 Å². The van der Waals surface area contributed by atoms with Gasteiger partial charge >= 0.3 is 6.03 Å². The van der Waals surface area contributed by atoms with Crippen LogP contribution in [0.4, 0.5) is 10.5 Å². The molecule has 0 bridgehead atoms. The van der Waals surface area contributed by atoms with Crippen molar-refractivity contribution < 1.29 is 19.1 Å². The van der Waals surface area contributed by atoms with E-state index in [4.69, 9.17) is 4.74 Å². The molecule has 1 aromatic rings. The van der Waals surface area contributed by atoms with Gasteiger partial charge in [0.05, 0.1) is 23.3 Å². The number of nitrogens with zero attached hydrogens (tertiary/aromatic N) is 2. The number of urea groups is 1. The Hall–Kier alpha value is -2.41. The summed E-state index contributed by atoms with van der Waals surface area (Å²) in [6, 6.07) is 4.38. The van der Waals surface area contributed by atoms with Gasteiger partial charge < -0.3 is 15.0 Å². The Kier molecular flexibility index (Phi) is 4.51. The van der Waals surface area contributed by atoms with Gasteiger partial charge in [-0.15, -0.1) is 0 Å². The molecule has 2 unspecified atom stereocenters. The van der Waals surface area contributed by atoms with Crippen molar-refractivity contribution in [3.8, 4) is 0 Å². The highest BCUT2D eigenvalue weighted by atomic mass is 16.5. The molecule has 2 heterocycles. The van der Waals surface area contributed by atoms with E-state index in [2.05, 4.69) is 5.32 Å². The maximum absolute atomic E-state index is 12.5. The molecule has 7 heteroatoms. The lowest BCUT2D eigenvalue weighted by Gasteiger charge is -2.35. The first-order valence-electron chi connectivity index (χ1n) is 8.51. The molecule has 0 aromatic heterocycles. The number of benzene rings is 1. The number of fused-ring (bicyclic) bond motifs is 1. The number of carbonyl (C=O) groups excluding carboxylic acids is 3. The van der Waals surface area contributed by atoms with Crippen LogP contribution in [0.5, 0.6) is 0 Å². The van der Waals surface area contributed by atoms with Gasteiger partial charge in [0.25, 0.3) is 11.8 Å². The lowest BCUT2D eigenvalue weighted by molar-refractivity contribution is -0.0530. The third kappa shape index (κ3) is 3.24. The second-order valence-electron chi connectivity index (χ2n) is 6.93. The monoisotopic (exact) mass is 345 g/mol. The number of rotatable bonds is 2. The number of ether oxygens (including phenoxy) is 1. The van der Waals surface area contributed by atoms with Crippen molar-refractivity contribution in [1.82, 2.24) is 9.80 Å². The van der Waals surface area contributed by atoms with Crippen LogP contribution in [-0.4, -0.2) is 59.0 Å². The number of anilines is 1. The summed E-state index contributed by atoms with van der Waals surface area (Å²) in [5.41, 5.74) is 1.22. The molecular weight excluding hydrogens is 322 g/mol. The second-order valence-corrected chi connectivity index (χ2v) is 6.93. The third-order valence-electron chi connectivity index (χ3n) is 4.39. The van der Waals surface area contributed by atoms with Gasteiger partial charge in [0.2, 0.25) is 0 Å². The van der Waals surface area contributed by atoms with E-state index in [1.807, 2.05) is 13.8 Å². The highest BCUT2D eigenvalue weighted by Gasteiger charge is 2.37. The average molecular weight is 345 g/mol. The fraction of sp³-hybridized carbons (Fsp3) is 0.500. The minimum Gasteiger partial charge on any atom is -0.372 e. The van der Waals surface area contributed by atoms with Crippen molar-refractivity contribution in [2.45, 2.75) is 45.9 Å². The van der Waals surface area contributed by atoms with E-state index < -0.39 is 0 Å². The zero-order chi connectivity index (χ0) is 18.3. The Morgan fingerprint density at radius 3 is 2.32 bits per heavy atom. The molecule has 4 amide bonds. The second kappa shape index (κ2) is 6.48. The first-order valence-corrected chi connectivity index (χ1v) is 8.51. The quantitative estimate of drug-likeness (QED) is 0.835. The summed E-state index contributed by atoms with van der Waals surface area (Å²) in [5, 5.41) is 2.81. The summed E-state index contributed by atoms with van der Waals surface area (Å²) >= 11 is 0. The molecule has 0 spiro atoms. The molecule has 25 heavy (non-hydrogen) atoms. The summed E-state index contributed by atoms with van der Waals surface area (Å²) in [6.45, 7) is 8.47. The molecule has 3 rings (SSSR count). The predicted molar refractivity (Wildman–Crippen MR) is 92.7 cm³/mol. The third-order valence-corrected chi connectivity index (χ3v) is 4.39. The van der Waals surface area contributed by atoms with Crippen LogP contribution in [0.2, 0.25) is 0 Å². The first kappa shape index (κ1) is 17.4. The number of nitrogens with one attached hydrogen (secondary N) is 1. The largest absolute Gasteiger partial charge is 0.372 e. The molecule has 0 aliphatic carbocycles. The fourth-order valence-corrected chi connectivity index (χ4v) is 3.35. The lowest BCUT2D eigenvalue weighted by Crippen LogP contribution is -2.49. The Morgan fingerprint density at radius 1 is 1.12 bits per heavy atom. The van der Waals surface area contributed by atoms with Gasteiger partial charge in [-0.3, -0.25) is 14.5 Å². The molecule has 1 N–H and O–H groups in total. The van der Waals surface area contributed by atoms with Crippen LogP contribution in [0.25, 0.3) is 0 Å². The predicted octanol–water partition coefficient (Wildman–Crippen LogP) is 2.33. The zero-order valence-corrected chi connectivity index (χ0v) is 14.9. The van der Waals surface area contributed by atoms with Crippen molar-refractivity contribution >= 4 is 23.5 Å². The fourth-order valence-electron chi connectivity index (χ4n) is 3.35. The number of hydrogen-bond donors (Lipinski definition) is 1. The van der Waals surface area contributed by atoms with Gasteiger partial charge in [-0.2, -0.15) is 0 Å². The molecule has 7 nitrogen and oxygen atoms in total. The van der Waals surface area contributed by atoms with Crippen molar-refractivity contribution in [2.75, 3.05) is 18.4 Å². The summed E-state index contributed by atoms with van der Waals surface area (Å²) in [5.74, 6) is -0.608. The summed E-state index contributed by atoms with van der Waals surface area (Å²) in [4.78, 5) is 40.1. The van der Waals surface area contributed by atoms with E-state index in [9.17, 15) is 14.4 Å². The SMILES string of the molecule is CC1CN(C(=O)Nc2ccc3c(c2)C(=O)N(C(C)C)C3=O)CC(C)O1. The van der Waals surface area contributed by atoms with Gasteiger partial charge in [0.15, 0.2) is 0 Å². The number of morpholine rings is 1. The van der Waals surface area contributed by atoms with Crippen molar-refractivity contribution in [3.63, 3.8) is 0 Å². The van der Waals surface area contributed by atoms with Gasteiger partial charge in [0.1, 0.15) is 0 Å². The van der Waals surface area contributed by atoms with Crippen molar-refractivity contribution in [2.24, 2.45) is 0 Å². The Bertz CT molecular complexity index is 721. The molecule has 1 aromatic carbocycles. The van der Waals surface area contributed by atoms with Gasteiger partial charge in [-0.05, 0) is 45.9 Å². The maximum Gasteiger partial charge on any atom is 0.322 e. The van der Waals surface area contributed by atoms with Crippen molar-refractivity contribution in [3.05, 3.63) is 29.3 Å². The van der Waals surface area contributed by atoms with E-state index in [1.54, 1.807) is 36.9 Å². The molecular formula is C18H23N3O4. The molecule has 1 fully saturated rings. The van der Waals surface area contributed by atoms with Crippen LogP contribution in [0.15, 0.2) is 18.2 Å². The van der Waals surface area contributed by atoms with Crippen LogP contribution >= 0.6 is 0 Å². The standard InChI is InChI=1S/C18H23N3O4/c1-10(2)21-16(22)14-6-5-13(7-15(14)17(21)23)19-18(24)20-8-11(3)25-12(4)9-20/h5-7,10-12H,8-9H2,1-4H3,(H,19,24). The van der Waals surface area contributed by atoms with Crippen LogP contribution in [-0.2, 0) is 4.74 Å². The lowest BCUT2D eigenvalue weighted by atomic mass is 10.1. The molecule has 134 valence electrons. The van der Waals surface area contributed by atoms with Crippen LogP contribution in [0.1, 0.15) is 48.4 Å². The number of amides is 4. The maximum atomic E-state index is 12.5. The molecule has 0 saturated carbocycles. The summed E-state index contributed by atoms with van der Waals surface area (Å²) < 4.78 is 5.63. The molecule has 2 atom stereocenters. The molecule has 0 radical (unpaired) electrons. The normalized spacial score (nSPS) is 23.2. The van der Waals surface area contributed by atoms with Gasteiger partial charge in [-0.1, -0.05) is 0 Å². The van der Waals surface area contributed by atoms with E-state index in [0.717, 1.165) is 0 Å². The van der Waals surface area contributed by atoms with E-state index in [-0.39, 0.29) is 36.1 Å². The van der Waals surface area contributed by atoms with Crippen molar-refractivity contribution in [1.29, 1.82) is 0 Å². The zero-order valence-electron chi connectivity index (χ0n) is 14.9. The molecule has 2 aliphatic rings. The number of imide groups is 1. The molecule has 2 aliphatic heterocycles. The van der Waals surface area contributed by atoms with Gasteiger partial charge in [-0.25, -0.2) is 4.79 Å². The molecule has 1 saturated heterocycles. The highest BCUT2D eigenvalue weighted by Crippen LogP contribution is 2.27. The van der Waals surface area contributed by atoms with E-state index >= 15 is 0 Å². The smallest absolute Gasteiger partial charge is 0.322 e. The Balaban J connectivity index is 1.77. The van der Waals surface area contributed by atoms with E-state index in [1.165, 1.54) is 4.90 Å². The first-order chi connectivity index (χ1) is 11.8. The summed E-state index contributed by atoms with van der Waals surface area (Å²) in [7, 11) is 0. The van der Waals surface area contributed by atoms with Crippen LogP contribution in [0.3, 0.4) is 0 Å². The Morgan fingerprint density at radius 2 is 1.72 bits per heavy atom. The van der Waals surface area contributed by atoms with E-state index in [0.29, 0.717) is 29.9 Å². The minimum atomic E-state index is -0.320. The Labute approximate surface area is 146 Å². The highest BCUT2D eigenvalue weighted by molar-refractivity contribution is 6.22. The number of carbonyl (C=O) groups is 3. The van der Waals surface area contributed by atoms with Crippen LogP contribution in [0, 0.1) is 0 Å². The minimum absolute atomic E-state index is 0.0201. The van der Waals surface area contributed by atoms with Crippen LogP contribution < -0.4 is 5.32 Å².